The van der Waals surface area contributed by atoms with Crippen LogP contribution in [0.15, 0.2) is 36.4 Å². The summed E-state index contributed by atoms with van der Waals surface area (Å²) in [4.78, 5) is 12.4. The first kappa shape index (κ1) is 26.5. The van der Waals surface area contributed by atoms with Gasteiger partial charge in [0, 0.05) is 30.9 Å². The highest BCUT2D eigenvalue weighted by Crippen LogP contribution is 2.37. The van der Waals surface area contributed by atoms with Crippen molar-refractivity contribution in [2.45, 2.75) is 12.6 Å². The first-order valence-electron chi connectivity index (χ1n) is 10.4. The van der Waals surface area contributed by atoms with Crippen molar-refractivity contribution in [3.05, 3.63) is 47.5 Å². The Balaban J connectivity index is 1.87. The Hall–Kier alpha value is -3.13. The lowest BCUT2D eigenvalue weighted by Gasteiger charge is -2.23. The fourth-order valence-corrected chi connectivity index (χ4v) is 3.91. The summed E-state index contributed by atoms with van der Waals surface area (Å²) in [6.45, 7) is -0.158. The van der Waals surface area contributed by atoms with Crippen LogP contribution < -0.4 is 31.4 Å². The van der Waals surface area contributed by atoms with Crippen molar-refractivity contribution < 1.29 is 32.0 Å². The number of hydrazine groups is 1. The molecule has 0 saturated heterocycles. The van der Waals surface area contributed by atoms with Gasteiger partial charge in [-0.05, 0) is 29.7 Å². The molecule has 1 aliphatic heterocycles. The van der Waals surface area contributed by atoms with Gasteiger partial charge in [-0.2, -0.15) is 13.2 Å². The number of benzene rings is 2. The lowest BCUT2D eigenvalue weighted by Crippen LogP contribution is -2.34. The van der Waals surface area contributed by atoms with Crippen molar-refractivity contribution in [3.8, 4) is 11.5 Å². The monoisotopic (exact) mass is 513 g/mol. The van der Waals surface area contributed by atoms with Gasteiger partial charge < -0.3 is 30.1 Å². The molecular weight excluding hydrogens is 487 g/mol. The molecule has 0 aromatic heterocycles. The van der Waals surface area contributed by atoms with E-state index in [1.165, 1.54) is 26.4 Å². The molecule has 3 rings (SSSR count). The van der Waals surface area contributed by atoms with Gasteiger partial charge in [-0.3, -0.25) is 10.6 Å². The van der Waals surface area contributed by atoms with Gasteiger partial charge in [0.15, 0.2) is 0 Å². The molecule has 190 valence electrons. The summed E-state index contributed by atoms with van der Waals surface area (Å²) in [5.74, 6) is 4.83. The predicted octanol–water partition coefficient (Wildman–Crippen LogP) is 4.24. The van der Waals surface area contributed by atoms with Crippen LogP contribution in [0.2, 0.25) is 0 Å². The third kappa shape index (κ3) is 6.72. The number of nitrogens with two attached hydrogens (primary N) is 1. The largest absolute Gasteiger partial charge is 0.496 e. The molecule has 2 aromatic carbocycles. The van der Waals surface area contributed by atoms with Crippen LogP contribution in [0.4, 0.5) is 30.2 Å². The zero-order valence-electron chi connectivity index (χ0n) is 19.0. The number of hydrogen-bond donors (Lipinski definition) is 5. The number of rotatable bonds is 9. The highest BCUT2D eigenvalue weighted by molar-refractivity contribution is 7.91. The second-order valence-electron chi connectivity index (χ2n) is 7.53. The third-order valence-electron chi connectivity index (χ3n) is 5.29. The summed E-state index contributed by atoms with van der Waals surface area (Å²) in [6.07, 6.45) is -1.76. The molecule has 9 nitrogen and oxygen atoms in total. The second-order valence-corrected chi connectivity index (χ2v) is 8.21. The zero-order valence-corrected chi connectivity index (χ0v) is 19.8. The smallest absolute Gasteiger partial charge is 0.405 e. The average Bonchev–Trinajstić information content (AvgIpc) is 2.86. The number of halogens is 3. The fraction of sp³-hybridized carbons (Fsp3) is 0.318. The first-order chi connectivity index (χ1) is 16.7. The number of amides is 1. The van der Waals surface area contributed by atoms with Crippen molar-refractivity contribution in [1.29, 1.82) is 0 Å². The highest BCUT2D eigenvalue weighted by Gasteiger charge is 2.29. The molecular formula is C22H26F3N5O4S. The molecule has 1 heterocycles. The first-order valence-corrected chi connectivity index (χ1v) is 11.2. The van der Waals surface area contributed by atoms with E-state index in [1.54, 1.807) is 0 Å². The summed E-state index contributed by atoms with van der Waals surface area (Å²) in [5.41, 5.74) is 6.25. The van der Waals surface area contributed by atoms with Crippen LogP contribution in [0.1, 0.15) is 22.3 Å². The summed E-state index contributed by atoms with van der Waals surface area (Å²) >= 11 is 0.718. The molecule has 1 aliphatic rings. The molecule has 0 fully saturated rings. The van der Waals surface area contributed by atoms with E-state index in [2.05, 4.69) is 10.7 Å². The Kier molecular flexibility index (Phi) is 8.72. The Morgan fingerprint density at radius 2 is 1.86 bits per heavy atom. The molecule has 0 radical (unpaired) electrons. The number of ether oxygens (including phenoxy) is 2. The summed E-state index contributed by atoms with van der Waals surface area (Å²) in [5, 5.41) is 4.99. The van der Waals surface area contributed by atoms with Gasteiger partial charge >= 0.3 is 6.18 Å². The number of nitrogen functional groups attached to an aromatic ring is 1. The number of nitrogens with zero attached hydrogens (tertiary/aromatic N) is 1. The second kappa shape index (κ2) is 11.5. The van der Waals surface area contributed by atoms with E-state index >= 15 is 0 Å². The summed E-state index contributed by atoms with van der Waals surface area (Å²) in [6, 6.07) is 8.57. The van der Waals surface area contributed by atoms with Crippen LogP contribution in [-0.2, 0) is 0 Å². The van der Waals surface area contributed by atoms with Gasteiger partial charge in [-0.15, -0.1) is 0 Å². The van der Waals surface area contributed by atoms with Gasteiger partial charge in [-0.1, -0.05) is 12.1 Å². The van der Waals surface area contributed by atoms with Crippen LogP contribution in [0, 0.1) is 0 Å². The summed E-state index contributed by atoms with van der Waals surface area (Å²) in [7, 11) is 2.60. The van der Waals surface area contributed by atoms with Crippen molar-refractivity contribution in [2.24, 2.45) is 5.84 Å². The number of carbonyl (C=O) groups is 1. The molecule has 0 unspecified atom stereocenters. The molecule has 0 atom stereocenters. The molecule has 0 aliphatic carbocycles. The lowest BCUT2D eigenvalue weighted by molar-refractivity contribution is -0.123. The topological polar surface area (TPSA) is 121 Å². The van der Waals surface area contributed by atoms with Crippen LogP contribution in [0.3, 0.4) is 0 Å². The molecule has 6 N–H and O–H groups in total. The molecule has 0 saturated carbocycles. The molecule has 35 heavy (non-hydrogen) atoms. The van der Waals surface area contributed by atoms with E-state index in [0.29, 0.717) is 30.2 Å². The van der Waals surface area contributed by atoms with Crippen LogP contribution in [-0.4, -0.2) is 54.8 Å². The van der Waals surface area contributed by atoms with Gasteiger partial charge in [-0.25, -0.2) is 4.31 Å². The SMILES string of the molecule is COc1cc(Nc2ccc(C3=CCN(SO)CC3)cc2NN)cc(OC)c1C(=O)NCC(F)(F)F. The van der Waals surface area contributed by atoms with E-state index < -0.39 is 18.6 Å². The van der Waals surface area contributed by atoms with Crippen molar-refractivity contribution in [1.82, 2.24) is 9.62 Å². The van der Waals surface area contributed by atoms with Gasteiger partial charge in [0.05, 0.1) is 37.8 Å². The summed E-state index contributed by atoms with van der Waals surface area (Å²) < 4.78 is 59.1. The lowest BCUT2D eigenvalue weighted by atomic mass is 9.99. The number of alkyl halides is 3. The van der Waals surface area contributed by atoms with E-state index in [4.69, 9.17) is 15.3 Å². The van der Waals surface area contributed by atoms with E-state index in [9.17, 15) is 22.5 Å². The van der Waals surface area contributed by atoms with Gasteiger partial charge in [0.25, 0.3) is 5.91 Å². The minimum absolute atomic E-state index is 0.0315. The Bertz CT molecular complexity index is 1070. The van der Waals surface area contributed by atoms with E-state index in [0.717, 1.165) is 29.8 Å². The van der Waals surface area contributed by atoms with Crippen molar-refractivity contribution >= 4 is 40.8 Å². The molecule has 1 amide bonds. The Morgan fingerprint density at radius 3 is 2.37 bits per heavy atom. The maximum atomic E-state index is 12.5. The van der Waals surface area contributed by atoms with Crippen LogP contribution in [0.25, 0.3) is 5.57 Å². The Morgan fingerprint density at radius 1 is 1.17 bits per heavy atom. The molecule has 0 bridgehead atoms. The predicted molar refractivity (Wildman–Crippen MR) is 130 cm³/mol. The number of carbonyl (C=O) groups excluding carboxylic acids is 1. The number of methoxy groups -OCH3 is 2. The van der Waals surface area contributed by atoms with Gasteiger partial charge in [0.1, 0.15) is 23.6 Å². The van der Waals surface area contributed by atoms with Crippen molar-refractivity contribution in [2.75, 3.05) is 44.6 Å². The van der Waals surface area contributed by atoms with Crippen LogP contribution >= 0.6 is 12.2 Å². The maximum absolute atomic E-state index is 12.5. The van der Waals surface area contributed by atoms with Crippen LogP contribution in [0.5, 0.6) is 11.5 Å². The number of hydrogen-bond acceptors (Lipinski definition) is 9. The van der Waals surface area contributed by atoms with E-state index in [-0.39, 0.29) is 17.1 Å². The molecule has 13 heteroatoms. The fourth-order valence-electron chi connectivity index (χ4n) is 3.59. The quantitative estimate of drug-likeness (QED) is 0.145. The molecule has 2 aromatic rings. The van der Waals surface area contributed by atoms with E-state index in [1.807, 2.05) is 33.9 Å². The normalized spacial score (nSPS) is 14.2. The van der Waals surface area contributed by atoms with Crippen molar-refractivity contribution in [3.63, 3.8) is 0 Å². The average molecular weight is 514 g/mol. The minimum atomic E-state index is -4.56. The Labute approximate surface area is 204 Å². The minimum Gasteiger partial charge on any atom is -0.496 e. The maximum Gasteiger partial charge on any atom is 0.405 e. The standard InChI is InChI=1S/C22H26F3N5O4S/c1-33-18-10-15(11-19(34-2)20(18)21(31)27-12-22(23,24)25)28-16-4-3-14(9-17(16)29-26)13-5-7-30(35-32)8-6-13/h3-5,9-11,28-29,32H,6-8,12,26H2,1-2H3,(H,27,31). The number of nitrogens with one attached hydrogen (secondary N) is 3. The highest BCUT2D eigenvalue weighted by atomic mass is 32.2. The van der Waals surface area contributed by atoms with Gasteiger partial charge in [0.2, 0.25) is 0 Å². The third-order valence-corrected chi connectivity index (χ3v) is 5.86. The number of anilines is 3. The molecule has 0 spiro atoms. The zero-order chi connectivity index (χ0) is 25.6.